The van der Waals surface area contributed by atoms with Gasteiger partial charge < -0.3 is 10.6 Å². The Balaban J connectivity index is 1.59. The first-order chi connectivity index (χ1) is 13.0. The predicted molar refractivity (Wildman–Crippen MR) is 107 cm³/mol. The highest BCUT2D eigenvalue weighted by atomic mass is 32.2. The Morgan fingerprint density at radius 2 is 1.74 bits per heavy atom. The third-order valence-electron chi connectivity index (χ3n) is 5.70. The first-order valence-electron chi connectivity index (χ1n) is 10.2. The summed E-state index contributed by atoms with van der Waals surface area (Å²) in [5, 5.41) is 6.11. The molecule has 0 spiro atoms. The van der Waals surface area contributed by atoms with Crippen LogP contribution in [0.3, 0.4) is 0 Å². The highest BCUT2D eigenvalue weighted by Crippen LogP contribution is 2.27. The van der Waals surface area contributed by atoms with Crippen molar-refractivity contribution < 1.29 is 13.2 Å². The largest absolute Gasteiger partial charge is 0.325 e. The number of amides is 1. The minimum absolute atomic E-state index is 0.0878. The van der Waals surface area contributed by atoms with Crippen LogP contribution in [0.15, 0.2) is 29.2 Å². The molecular formula is C20H31N3O3S. The smallest absolute Gasteiger partial charge is 0.243 e. The fourth-order valence-electron chi connectivity index (χ4n) is 4.12. The first kappa shape index (κ1) is 20.3. The second-order valence-electron chi connectivity index (χ2n) is 7.61. The zero-order valence-corrected chi connectivity index (χ0v) is 16.9. The average Bonchev–Trinajstić information content (AvgIpc) is 3.20. The summed E-state index contributed by atoms with van der Waals surface area (Å²) in [7, 11) is -3.48. The van der Waals surface area contributed by atoms with Crippen molar-refractivity contribution >= 4 is 21.6 Å². The van der Waals surface area contributed by atoms with Crippen LogP contribution in [0.25, 0.3) is 0 Å². The monoisotopic (exact) mass is 393 g/mol. The summed E-state index contributed by atoms with van der Waals surface area (Å²) in [5.74, 6) is -0.0976. The molecule has 1 aromatic rings. The first-order valence-corrected chi connectivity index (χ1v) is 11.6. The summed E-state index contributed by atoms with van der Waals surface area (Å²) in [6.45, 7) is 2.92. The molecule has 0 radical (unpaired) electrons. The molecule has 1 amide bonds. The molecule has 150 valence electrons. The van der Waals surface area contributed by atoms with Gasteiger partial charge in [0, 0.05) is 24.3 Å². The molecule has 0 aromatic heterocycles. The maximum atomic E-state index is 13.0. The zero-order chi connectivity index (χ0) is 19.3. The summed E-state index contributed by atoms with van der Waals surface area (Å²) in [6, 6.07) is 7.06. The quantitative estimate of drug-likeness (QED) is 0.746. The van der Waals surface area contributed by atoms with Crippen LogP contribution in [0.4, 0.5) is 5.69 Å². The molecule has 6 nitrogen and oxygen atoms in total. The van der Waals surface area contributed by atoms with E-state index in [2.05, 4.69) is 10.6 Å². The molecule has 1 aliphatic carbocycles. The Morgan fingerprint density at radius 3 is 2.41 bits per heavy atom. The summed E-state index contributed by atoms with van der Waals surface area (Å²) < 4.78 is 27.6. The van der Waals surface area contributed by atoms with Crippen molar-refractivity contribution in [1.29, 1.82) is 0 Å². The van der Waals surface area contributed by atoms with E-state index in [4.69, 9.17) is 0 Å². The fraction of sp³-hybridized carbons (Fsp3) is 0.650. The van der Waals surface area contributed by atoms with E-state index < -0.39 is 10.0 Å². The van der Waals surface area contributed by atoms with Crippen molar-refractivity contribution in [3.63, 3.8) is 0 Å². The van der Waals surface area contributed by atoms with E-state index in [1.165, 1.54) is 12.8 Å². The van der Waals surface area contributed by atoms with E-state index in [0.29, 0.717) is 23.2 Å². The molecule has 27 heavy (non-hydrogen) atoms. The van der Waals surface area contributed by atoms with Gasteiger partial charge >= 0.3 is 0 Å². The number of piperidine rings is 1. The molecule has 1 saturated heterocycles. The van der Waals surface area contributed by atoms with Gasteiger partial charge in [0.1, 0.15) is 0 Å². The zero-order valence-electron chi connectivity index (χ0n) is 16.1. The minimum atomic E-state index is -3.48. The Hall–Kier alpha value is -1.44. The topological polar surface area (TPSA) is 78.5 Å². The maximum Gasteiger partial charge on any atom is 0.243 e. The number of rotatable bonds is 7. The van der Waals surface area contributed by atoms with Crippen molar-refractivity contribution in [3.05, 3.63) is 24.3 Å². The number of hydrogen-bond donors (Lipinski definition) is 2. The van der Waals surface area contributed by atoms with Crippen molar-refractivity contribution in [2.24, 2.45) is 0 Å². The van der Waals surface area contributed by atoms with Crippen molar-refractivity contribution in [2.45, 2.75) is 75.3 Å². The standard InChI is InChI=1S/C20H31N3O3S/c1-2-18-9-5-6-14-23(18)27(25,26)19-12-10-17(11-13-19)22-20(24)15-21-16-7-3-4-8-16/h10-13,16,18,21H,2-9,14-15H2,1H3,(H,22,24). The van der Waals surface area contributed by atoms with Gasteiger partial charge in [0.05, 0.1) is 11.4 Å². The number of benzene rings is 1. The van der Waals surface area contributed by atoms with Crippen LogP contribution in [0.1, 0.15) is 58.3 Å². The number of sulfonamides is 1. The number of nitrogens with zero attached hydrogens (tertiary/aromatic N) is 1. The normalized spacial score (nSPS) is 22.0. The molecule has 1 atom stereocenters. The molecule has 1 unspecified atom stereocenters. The van der Waals surface area contributed by atoms with Crippen LogP contribution in [-0.2, 0) is 14.8 Å². The van der Waals surface area contributed by atoms with Crippen LogP contribution >= 0.6 is 0 Å². The summed E-state index contributed by atoms with van der Waals surface area (Å²) in [4.78, 5) is 12.4. The van der Waals surface area contributed by atoms with Gasteiger partial charge in [0.2, 0.25) is 15.9 Å². The van der Waals surface area contributed by atoms with E-state index >= 15 is 0 Å². The lowest BCUT2D eigenvalue weighted by Crippen LogP contribution is -2.43. The molecule has 1 aromatic carbocycles. The van der Waals surface area contributed by atoms with Crippen LogP contribution in [0, 0.1) is 0 Å². The average molecular weight is 394 g/mol. The fourth-order valence-corrected chi connectivity index (χ4v) is 5.88. The lowest BCUT2D eigenvalue weighted by atomic mass is 10.0. The van der Waals surface area contributed by atoms with Crippen LogP contribution < -0.4 is 10.6 Å². The van der Waals surface area contributed by atoms with Crippen LogP contribution in [0.2, 0.25) is 0 Å². The van der Waals surface area contributed by atoms with Gasteiger partial charge in [-0.15, -0.1) is 0 Å². The SMILES string of the molecule is CCC1CCCCN1S(=O)(=O)c1ccc(NC(=O)CNC2CCCC2)cc1. The molecule has 7 heteroatoms. The molecular weight excluding hydrogens is 362 g/mol. The Morgan fingerprint density at radius 1 is 1.07 bits per heavy atom. The van der Waals surface area contributed by atoms with Gasteiger partial charge in [-0.25, -0.2) is 8.42 Å². The number of anilines is 1. The highest BCUT2D eigenvalue weighted by Gasteiger charge is 2.32. The van der Waals surface area contributed by atoms with E-state index in [9.17, 15) is 13.2 Å². The minimum Gasteiger partial charge on any atom is -0.325 e. The number of carbonyl (C=O) groups is 1. The number of carbonyl (C=O) groups excluding carboxylic acids is 1. The summed E-state index contributed by atoms with van der Waals surface area (Å²) in [6.07, 6.45) is 8.49. The van der Waals surface area contributed by atoms with Crippen molar-refractivity contribution in [1.82, 2.24) is 9.62 Å². The predicted octanol–water partition coefficient (Wildman–Crippen LogP) is 3.11. The van der Waals surface area contributed by atoms with Crippen LogP contribution in [-0.4, -0.2) is 43.8 Å². The third kappa shape index (κ3) is 5.09. The van der Waals surface area contributed by atoms with Crippen molar-refractivity contribution in [3.8, 4) is 0 Å². The second kappa shape index (κ2) is 9.17. The Kier molecular flexibility index (Phi) is 6.89. The van der Waals surface area contributed by atoms with Gasteiger partial charge in [-0.2, -0.15) is 4.31 Å². The molecule has 2 fully saturated rings. The van der Waals surface area contributed by atoms with E-state index in [0.717, 1.165) is 38.5 Å². The lowest BCUT2D eigenvalue weighted by Gasteiger charge is -2.34. The van der Waals surface area contributed by atoms with Gasteiger partial charge in [-0.3, -0.25) is 4.79 Å². The van der Waals surface area contributed by atoms with Gasteiger partial charge in [-0.1, -0.05) is 26.2 Å². The Labute approximate surface area is 162 Å². The Bertz CT molecular complexity index is 727. The van der Waals surface area contributed by atoms with Gasteiger partial charge in [0.15, 0.2) is 0 Å². The number of nitrogens with one attached hydrogen (secondary N) is 2. The van der Waals surface area contributed by atoms with Gasteiger partial charge in [0.25, 0.3) is 0 Å². The molecule has 1 heterocycles. The lowest BCUT2D eigenvalue weighted by molar-refractivity contribution is -0.115. The molecule has 0 bridgehead atoms. The maximum absolute atomic E-state index is 13.0. The summed E-state index contributed by atoms with van der Waals surface area (Å²) in [5.41, 5.74) is 0.623. The second-order valence-corrected chi connectivity index (χ2v) is 9.50. The van der Waals surface area contributed by atoms with E-state index in [1.54, 1.807) is 28.6 Å². The molecule has 1 aliphatic heterocycles. The van der Waals surface area contributed by atoms with E-state index in [1.807, 2.05) is 6.92 Å². The molecule has 3 rings (SSSR count). The molecule has 2 N–H and O–H groups in total. The molecule has 2 aliphatic rings. The van der Waals surface area contributed by atoms with Crippen LogP contribution in [0.5, 0.6) is 0 Å². The van der Waals surface area contributed by atoms with Gasteiger partial charge in [-0.05, 0) is 56.4 Å². The summed E-state index contributed by atoms with van der Waals surface area (Å²) >= 11 is 0. The third-order valence-corrected chi connectivity index (χ3v) is 7.66. The number of hydrogen-bond acceptors (Lipinski definition) is 4. The van der Waals surface area contributed by atoms with E-state index in [-0.39, 0.29) is 18.5 Å². The molecule has 1 saturated carbocycles. The highest BCUT2D eigenvalue weighted by molar-refractivity contribution is 7.89. The van der Waals surface area contributed by atoms with Crippen molar-refractivity contribution in [2.75, 3.05) is 18.4 Å².